The summed E-state index contributed by atoms with van der Waals surface area (Å²) in [6.45, 7) is 0.247. The average molecular weight is 361 g/mol. The molecule has 4 aliphatic carbocycles. The first kappa shape index (κ1) is 17.2. The quantitative estimate of drug-likeness (QED) is 0.702. The smallest absolute Gasteiger partial charge is 0.315 e. The molecule has 0 aromatic heterocycles. The lowest BCUT2D eigenvalue weighted by atomic mass is 9.53. The molecule has 2 amide bonds. The molecule has 4 fully saturated rings. The van der Waals surface area contributed by atoms with E-state index < -0.39 is 6.10 Å². The Bertz CT molecular complexity index is 596. The van der Waals surface area contributed by atoms with Crippen LogP contribution in [0.5, 0.6) is 0 Å². The molecule has 4 nitrogen and oxygen atoms in total. The number of rotatable bonds is 5. The van der Waals surface area contributed by atoms with Crippen molar-refractivity contribution in [2.75, 3.05) is 12.8 Å². The molecule has 136 valence electrons. The van der Waals surface area contributed by atoms with Crippen LogP contribution in [0.3, 0.4) is 0 Å². The van der Waals surface area contributed by atoms with Crippen LogP contribution < -0.4 is 10.6 Å². The number of urea groups is 1. The Hall–Kier alpha value is -1.20. The molecule has 4 aliphatic rings. The first-order valence-corrected chi connectivity index (χ1v) is 10.7. The minimum atomic E-state index is -0.669. The monoisotopic (exact) mass is 360 g/mol. The number of aliphatic hydroxyl groups excluding tert-OH is 1. The van der Waals surface area contributed by atoms with Crippen molar-refractivity contribution in [3.63, 3.8) is 0 Å². The molecule has 0 saturated heterocycles. The van der Waals surface area contributed by atoms with Crippen molar-refractivity contribution in [1.82, 2.24) is 10.6 Å². The van der Waals surface area contributed by atoms with Gasteiger partial charge in [0.05, 0.1) is 6.10 Å². The minimum Gasteiger partial charge on any atom is -0.387 e. The molecule has 1 atom stereocenters. The van der Waals surface area contributed by atoms with Crippen molar-refractivity contribution in [1.29, 1.82) is 0 Å². The molecule has 4 bridgehead atoms. The van der Waals surface area contributed by atoms with Gasteiger partial charge in [-0.05, 0) is 80.2 Å². The number of hydrogen-bond donors (Lipinski definition) is 3. The molecule has 0 spiro atoms. The van der Waals surface area contributed by atoms with Crippen molar-refractivity contribution in [3.05, 3.63) is 29.8 Å². The maximum Gasteiger partial charge on any atom is 0.315 e. The van der Waals surface area contributed by atoms with E-state index in [-0.39, 0.29) is 18.1 Å². The number of nitrogens with one attached hydrogen (secondary N) is 2. The lowest BCUT2D eigenvalue weighted by Gasteiger charge is -2.56. The predicted octanol–water partition coefficient (Wildman–Crippen LogP) is 3.71. The maximum atomic E-state index is 12.4. The first-order chi connectivity index (χ1) is 12.0. The molecular formula is C20H28N2O2S. The number of carbonyl (C=O) groups is 1. The van der Waals surface area contributed by atoms with E-state index >= 15 is 0 Å². The summed E-state index contributed by atoms with van der Waals surface area (Å²) < 4.78 is 0. The van der Waals surface area contributed by atoms with Gasteiger partial charge in [0, 0.05) is 17.0 Å². The van der Waals surface area contributed by atoms with Gasteiger partial charge in [0.2, 0.25) is 0 Å². The first-order valence-electron chi connectivity index (χ1n) is 9.43. The molecule has 1 aromatic rings. The normalized spacial score (nSPS) is 33.9. The summed E-state index contributed by atoms with van der Waals surface area (Å²) in [4.78, 5) is 13.6. The van der Waals surface area contributed by atoms with Gasteiger partial charge >= 0.3 is 6.03 Å². The Morgan fingerprint density at radius 1 is 1.16 bits per heavy atom. The zero-order chi connectivity index (χ0) is 17.4. The van der Waals surface area contributed by atoms with E-state index in [0.717, 1.165) is 42.6 Å². The van der Waals surface area contributed by atoms with E-state index in [0.29, 0.717) is 0 Å². The summed E-state index contributed by atoms with van der Waals surface area (Å²) in [6, 6.07) is 7.73. The largest absolute Gasteiger partial charge is 0.387 e. The third-order valence-corrected chi connectivity index (χ3v) is 7.12. The summed E-state index contributed by atoms with van der Waals surface area (Å²) in [7, 11) is 0. The van der Waals surface area contributed by atoms with Crippen LogP contribution in [0.25, 0.3) is 0 Å². The van der Waals surface area contributed by atoms with Gasteiger partial charge in [0.15, 0.2) is 0 Å². The zero-order valence-electron chi connectivity index (χ0n) is 14.8. The number of amides is 2. The van der Waals surface area contributed by atoms with Gasteiger partial charge in [-0.2, -0.15) is 0 Å². The van der Waals surface area contributed by atoms with Crippen molar-refractivity contribution < 1.29 is 9.90 Å². The van der Waals surface area contributed by atoms with Crippen LogP contribution in [0, 0.1) is 17.8 Å². The Kier molecular flexibility index (Phi) is 4.71. The number of carbonyl (C=O) groups excluding carboxylic acids is 1. The highest BCUT2D eigenvalue weighted by Gasteiger charge is 2.51. The minimum absolute atomic E-state index is 0.0176. The third kappa shape index (κ3) is 3.68. The van der Waals surface area contributed by atoms with Crippen LogP contribution in [-0.2, 0) is 0 Å². The van der Waals surface area contributed by atoms with Crippen LogP contribution in [0.4, 0.5) is 4.79 Å². The summed E-state index contributed by atoms with van der Waals surface area (Å²) >= 11 is 1.68. The summed E-state index contributed by atoms with van der Waals surface area (Å²) in [6.07, 6.45) is 8.90. The van der Waals surface area contributed by atoms with E-state index in [9.17, 15) is 9.90 Å². The van der Waals surface area contributed by atoms with Gasteiger partial charge in [-0.3, -0.25) is 0 Å². The molecule has 0 heterocycles. The van der Waals surface area contributed by atoms with Gasteiger partial charge in [-0.25, -0.2) is 4.79 Å². The SMILES string of the molecule is CSc1ccc(C(O)CNC(=O)NC23CC4CC(CC(C4)C2)C3)cc1. The highest BCUT2D eigenvalue weighted by Crippen LogP contribution is 2.55. The highest BCUT2D eigenvalue weighted by atomic mass is 32.2. The molecule has 4 saturated carbocycles. The molecule has 3 N–H and O–H groups in total. The van der Waals surface area contributed by atoms with Crippen LogP contribution in [-0.4, -0.2) is 29.5 Å². The van der Waals surface area contributed by atoms with Crippen LogP contribution >= 0.6 is 11.8 Å². The van der Waals surface area contributed by atoms with Crippen molar-refractivity contribution >= 4 is 17.8 Å². The second kappa shape index (κ2) is 6.84. The van der Waals surface area contributed by atoms with Crippen molar-refractivity contribution in [3.8, 4) is 0 Å². The van der Waals surface area contributed by atoms with Gasteiger partial charge < -0.3 is 15.7 Å². The molecule has 1 aromatic carbocycles. The van der Waals surface area contributed by atoms with E-state index in [1.807, 2.05) is 30.5 Å². The van der Waals surface area contributed by atoms with E-state index in [4.69, 9.17) is 0 Å². The average Bonchev–Trinajstić information content (AvgIpc) is 2.58. The van der Waals surface area contributed by atoms with E-state index in [1.165, 1.54) is 24.2 Å². The predicted molar refractivity (Wildman–Crippen MR) is 101 cm³/mol. The van der Waals surface area contributed by atoms with Crippen molar-refractivity contribution in [2.24, 2.45) is 17.8 Å². The number of thioether (sulfide) groups is 1. The Morgan fingerprint density at radius 2 is 1.72 bits per heavy atom. The van der Waals surface area contributed by atoms with Crippen LogP contribution in [0.15, 0.2) is 29.2 Å². The number of benzene rings is 1. The second-order valence-corrected chi connectivity index (χ2v) is 9.20. The summed E-state index contributed by atoms with van der Waals surface area (Å²) in [5.41, 5.74) is 0.858. The Balaban J connectivity index is 1.30. The standard InChI is InChI=1S/C20H28N2O2S/c1-25-17-4-2-16(3-5-17)18(23)12-21-19(24)22-20-9-13-6-14(10-20)8-15(7-13)11-20/h2-5,13-15,18,23H,6-12H2,1H3,(H2,21,22,24). The van der Waals surface area contributed by atoms with Gasteiger partial charge in [-0.15, -0.1) is 11.8 Å². The zero-order valence-corrected chi connectivity index (χ0v) is 15.6. The number of hydrogen-bond acceptors (Lipinski definition) is 3. The molecule has 5 heteroatoms. The highest BCUT2D eigenvalue weighted by molar-refractivity contribution is 7.98. The van der Waals surface area contributed by atoms with E-state index in [2.05, 4.69) is 10.6 Å². The third-order valence-electron chi connectivity index (χ3n) is 6.37. The lowest BCUT2D eigenvalue weighted by molar-refractivity contribution is -0.0136. The summed E-state index contributed by atoms with van der Waals surface area (Å²) in [5, 5.41) is 16.5. The Labute approximate surface area is 154 Å². The van der Waals surface area contributed by atoms with Gasteiger partial charge in [0.1, 0.15) is 0 Å². The summed E-state index contributed by atoms with van der Waals surface area (Å²) in [5.74, 6) is 2.44. The lowest BCUT2D eigenvalue weighted by Crippen LogP contribution is -2.61. The fraction of sp³-hybridized carbons (Fsp3) is 0.650. The van der Waals surface area contributed by atoms with Gasteiger partial charge in [0.25, 0.3) is 0 Å². The molecule has 0 aliphatic heterocycles. The molecule has 5 rings (SSSR count). The fourth-order valence-electron chi connectivity index (χ4n) is 5.68. The van der Waals surface area contributed by atoms with Crippen molar-refractivity contribution in [2.45, 2.75) is 55.1 Å². The second-order valence-electron chi connectivity index (χ2n) is 8.32. The Morgan fingerprint density at radius 3 is 2.24 bits per heavy atom. The molecule has 0 radical (unpaired) electrons. The van der Waals surface area contributed by atoms with Crippen LogP contribution in [0.2, 0.25) is 0 Å². The maximum absolute atomic E-state index is 12.4. The fourth-order valence-corrected chi connectivity index (χ4v) is 6.09. The topological polar surface area (TPSA) is 61.4 Å². The number of aliphatic hydroxyl groups is 1. The van der Waals surface area contributed by atoms with Crippen LogP contribution in [0.1, 0.15) is 50.2 Å². The molecule has 25 heavy (non-hydrogen) atoms. The molecule has 1 unspecified atom stereocenters. The van der Waals surface area contributed by atoms with Gasteiger partial charge in [-0.1, -0.05) is 12.1 Å². The molecular weight excluding hydrogens is 332 g/mol. The van der Waals surface area contributed by atoms with E-state index in [1.54, 1.807) is 11.8 Å².